The van der Waals surface area contributed by atoms with Crippen molar-refractivity contribution in [1.29, 1.82) is 0 Å². The molecule has 0 amide bonds. The van der Waals surface area contributed by atoms with Crippen LogP contribution in [0.15, 0.2) is 24.3 Å². The Balaban J connectivity index is 2.33. The Morgan fingerprint density at radius 3 is 2.39 bits per heavy atom. The number of fused-ring (bicyclic) bond motifs is 3. The van der Waals surface area contributed by atoms with Crippen LogP contribution in [-0.2, 0) is 24.6 Å². The lowest BCUT2D eigenvalue weighted by Gasteiger charge is -2.52. The standard InChI is InChI=1S/C16H20O6S/c1-14(2)8-9-15(3)12(22-14)10-6-4-5-7-11(10)16(18,13(15)17)23(19,20)21/h4-7,12,18H,8-9H2,1-3H3,(H,19,20,21). The summed E-state index contributed by atoms with van der Waals surface area (Å²) in [6.07, 6.45) is 0.225. The van der Waals surface area contributed by atoms with Crippen molar-refractivity contribution in [3.63, 3.8) is 0 Å². The van der Waals surface area contributed by atoms with Gasteiger partial charge in [-0.25, -0.2) is 0 Å². The molecule has 7 heteroatoms. The molecule has 0 spiro atoms. The van der Waals surface area contributed by atoms with Gasteiger partial charge < -0.3 is 9.84 Å². The second-order valence-electron chi connectivity index (χ2n) is 7.21. The molecule has 0 aromatic heterocycles. The Hall–Kier alpha value is -1.28. The maximum Gasteiger partial charge on any atom is 0.307 e. The van der Waals surface area contributed by atoms with Gasteiger partial charge in [-0.05, 0) is 39.2 Å². The molecule has 126 valence electrons. The van der Waals surface area contributed by atoms with E-state index < -0.39 is 38.0 Å². The third-order valence-corrected chi connectivity index (χ3v) is 6.22. The molecule has 1 heterocycles. The van der Waals surface area contributed by atoms with E-state index in [4.69, 9.17) is 4.74 Å². The van der Waals surface area contributed by atoms with E-state index >= 15 is 0 Å². The van der Waals surface area contributed by atoms with Crippen LogP contribution < -0.4 is 0 Å². The van der Waals surface area contributed by atoms with Crippen LogP contribution >= 0.6 is 0 Å². The number of Topliss-reactive ketones (excluding diaryl/α,β-unsaturated/α-hetero) is 1. The van der Waals surface area contributed by atoms with Crippen LogP contribution in [0.4, 0.5) is 0 Å². The van der Waals surface area contributed by atoms with Gasteiger partial charge in [-0.1, -0.05) is 24.3 Å². The van der Waals surface area contributed by atoms with Gasteiger partial charge in [0.1, 0.15) is 0 Å². The quantitative estimate of drug-likeness (QED) is 0.758. The summed E-state index contributed by atoms with van der Waals surface area (Å²) in [6, 6.07) is 6.16. The van der Waals surface area contributed by atoms with E-state index in [1.807, 2.05) is 13.8 Å². The summed E-state index contributed by atoms with van der Waals surface area (Å²) < 4.78 is 39.4. The molecule has 1 aromatic carbocycles. The maximum atomic E-state index is 13.0. The zero-order valence-electron chi connectivity index (χ0n) is 13.2. The first-order valence-corrected chi connectivity index (χ1v) is 8.89. The molecule has 3 atom stereocenters. The molecule has 0 radical (unpaired) electrons. The van der Waals surface area contributed by atoms with Gasteiger partial charge in [-0.2, -0.15) is 8.42 Å². The molecule has 0 bridgehead atoms. The van der Waals surface area contributed by atoms with E-state index in [0.717, 1.165) is 0 Å². The Bertz CT molecular complexity index is 784. The summed E-state index contributed by atoms with van der Waals surface area (Å²) in [7, 11) is -5.05. The lowest BCUT2D eigenvalue weighted by Crippen LogP contribution is -2.59. The van der Waals surface area contributed by atoms with Gasteiger partial charge in [0.15, 0.2) is 5.78 Å². The number of ether oxygens (including phenoxy) is 1. The fourth-order valence-electron chi connectivity index (χ4n) is 3.64. The number of hydrogen-bond donors (Lipinski definition) is 2. The van der Waals surface area contributed by atoms with E-state index in [1.54, 1.807) is 19.1 Å². The maximum absolute atomic E-state index is 13.0. The minimum Gasteiger partial charge on any atom is -0.367 e. The fraction of sp³-hybridized carbons (Fsp3) is 0.562. The molecule has 2 aliphatic rings. The third-order valence-electron chi connectivity index (χ3n) is 5.07. The molecule has 1 aromatic rings. The van der Waals surface area contributed by atoms with Gasteiger partial charge in [0.2, 0.25) is 0 Å². The highest BCUT2D eigenvalue weighted by Gasteiger charge is 2.65. The molecule has 3 rings (SSSR count). The Morgan fingerprint density at radius 2 is 1.78 bits per heavy atom. The van der Waals surface area contributed by atoms with E-state index in [1.165, 1.54) is 12.1 Å². The van der Waals surface area contributed by atoms with Crippen LogP contribution in [0.2, 0.25) is 0 Å². The van der Waals surface area contributed by atoms with E-state index in [0.29, 0.717) is 18.4 Å². The zero-order chi connectivity index (χ0) is 17.3. The summed E-state index contributed by atoms with van der Waals surface area (Å²) in [5.41, 5.74) is -1.41. The SMILES string of the molecule is CC1(C)CCC2(C)C(=O)C(O)(S(=O)(=O)O)c3ccccc3C2O1. The molecular formula is C16H20O6S. The first-order chi connectivity index (χ1) is 10.4. The molecule has 2 N–H and O–H groups in total. The van der Waals surface area contributed by atoms with Gasteiger partial charge in [-0.3, -0.25) is 9.35 Å². The molecule has 6 nitrogen and oxygen atoms in total. The van der Waals surface area contributed by atoms with Crippen molar-refractivity contribution in [2.75, 3.05) is 0 Å². The normalized spacial score (nSPS) is 36.2. The number of ketones is 1. The largest absolute Gasteiger partial charge is 0.367 e. The first kappa shape index (κ1) is 16.6. The Labute approximate surface area is 135 Å². The molecule has 23 heavy (non-hydrogen) atoms. The van der Waals surface area contributed by atoms with Crippen molar-refractivity contribution < 1.29 is 27.6 Å². The molecule has 1 aliphatic heterocycles. The molecule has 1 aliphatic carbocycles. The summed E-state index contributed by atoms with van der Waals surface area (Å²) in [5, 5.41) is 10.7. The van der Waals surface area contributed by atoms with Crippen LogP contribution in [0.5, 0.6) is 0 Å². The number of hydrogen-bond acceptors (Lipinski definition) is 5. The van der Waals surface area contributed by atoms with Crippen LogP contribution in [0.1, 0.15) is 50.8 Å². The highest BCUT2D eigenvalue weighted by Crippen LogP contribution is 2.57. The van der Waals surface area contributed by atoms with Crippen LogP contribution in [0.3, 0.4) is 0 Å². The predicted molar refractivity (Wildman–Crippen MR) is 82.1 cm³/mol. The fourth-order valence-corrected chi connectivity index (χ4v) is 4.57. The van der Waals surface area contributed by atoms with Gasteiger partial charge in [0.05, 0.1) is 17.1 Å². The highest BCUT2D eigenvalue weighted by molar-refractivity contribution is 7.87. The van der Waals surface area contributed by atoms with Crippen molar-refractivity contribution in [3.8, 4) is 0 Å². The second kappa shape index (κ2) is 4.63. The third kappa shape index (κ3) is 2.11. The zero-order valence-corrected chi connectivity index (χ0v) is 14.1. The monoisotopic (exact) mass is 340 g/mol. The number of aliphatic hydroxyl groups is 1. The lowest BCUT2D eigenvalue weighted by atomic mass is 9.63. The molecule has 3 unspecified atom stereocenters. The number of rotatable bonds is 1. The summed E-state index contributed by atoms with van der Waals surface area (Å²) in [6.45, 7) is 5.40. The molecular weight excluding hydrogens is 320 g/mol. The van der Waals surface area contributed by atoms with Gasteiger partial charge in [-0.15, -0.1) is 0 Å². The van der Waals surface area contributed by atoms with Crippen molar-refractivity contribution in [2.24, 2.45) is 5.41 Å². The Morgan fingerprint density at radius 1 is 1.17 bits per heavy atom. The van der Waals surface area contributed by atoms with Crippen LogP contribution in [-0.4, -0.2) is 29.5 Å². The Kier molecular flexibility index (Phi) is 3.34. The molecule has 1 fully saturated rings. The lowest BCUT2D eigenvalue weighted by molar-refractivity contribution is -0.193. The van der Waals surface area contributed by atoms with E-state index in [9.17, 15) is 22.9 Å². The average molecular weight is 340 g/mol. The van der Waals surface area contributed by atoms with Crippen molar-refractivity contribution >= 4 is 15.9 Å². The average Bonchev–Trinajstić information content (AvgIpc) is 2.46. The van der Waals surface area contributed by atoms with Gasteiger partial charge in [0, 0.05) is 5.56 Å². The van der Waals surface area contributed by atoms with Gasteiger partial charge in [0.25, 0.3) is 4.93 Å². The highest BCUT2D eigenvalue weighted by atomic mass is 32.2. The summed E-state index contributed by atoms with van der Waals surface area (Å²) in [5.74, 6) is -0.938. The van der Waals surface area contributed by atoms with Gasteiger partial charge >= 0.3 is 10.1 Å². The summed E-state index contributed by atoms with van der Waals surface area (Å²) in [4.78, 5) is 10.00. The topological polar surface area (TPSA) is 101 Å². The van der Waals surface area contributed by atoms with E-state index in [-0.39, 0.29) is 5.56 Å². The predicted octanol–water partition coefficient (Wildman–Crippen LogP) is 1.94. The smallest absolute Gasteiger partial charge is 0.307 e. The van der Waals surface area contributed by atoms with Crippen LogP contribution in [0.25, 0.3) is 0 Å². The molecule has 0 saturated carbocycles. The van der Waals surface area contributed by atoms with Crippen molar-refractivity contribution in [2.45, 2.75) is 50.3 Å². The minimum atomic E-state index is -5.05. The number of benzene rings is 1. The minimum absolute atomic E-state index is 0.132. The molecule has 1 saturated heterocycles. The number of carbonyl (C=O) groups excluding carboxylic acids is 1. The number of carbonyl (C=O) groups is 1. The van der Waals surface area contributed by atoms with Crippen molar-refractivity contribution in [1.82, 2.24) is 0 Å². The van der Waals surface area contributed by atoms with Crippen LogP contribution in [0, 0.1) is 5.41 Å². The first-order valence-electron chi connectivity index (χ1n) is 7.45. The second-order valence-corrected chi connectivity index (χ2v) is 8.75. The van der Waals surface area contributed by atoms with E-state index in [2.05, 4.69) is 0 Å². The summed E-state index contributed by atoms with van der Waals surface area (Å²) >= 11 is 0. The van der Waals surface area contributed by atoms with Crippen molar-refractivity contribution in [3.05, 3.63) is 35.4 Å².